The molecule has 1 aliphatic carbocycles. The number of carboxylic acid groups (broad SMARTS) is 1. The van der Waals surface area contributed by atoms with Gasteiger partial charge in [-0.3, -0.25) is 4.79 Å². The summed E-state index contributed by atoms with van der Waals surface area (Å²) in [7, 11) is 0. The summed E-state index contributed by atoms with van der Waals surface area (Å²) >= 11 is 0. The first-order chi connectivity index (χ1) is 7.74. The van der Waals surface area contributed by atoms with Gasteiger partial charge in [-0.2, -0.15) is 0 Å². The number of hydrogen-bond donors (Lipinski definition) is 1. The molecule has 0 aliphatic heterocycles. The molecule has 0 spiro atoms. The number of aliphatic carboxylic acids is 1. The molecule has 1 fully saturated rings. The van der Waals surface area contributed by atoms with E-state index in [4.69, 9.17) is 5.11 Å². The highest BCUT2D eigenvalue weighted by Gasteiger charge is 2.22. The van der Waals surface area contributed by atoms with E-state index in [9.17, 15) is 4.79 Å². The van der Waals surface area contributed by atoms with Crippen LogP contribution in [0.3, 0.4) is 0 Å². The monoisotopic (exact) mass is 222 g/mol. The van der Waals surface area contributed by atoms with Crippen LogP contribution in [0.5, 0.6) is 0 Å². The molecule has 0 heterocycles. The molecule has 2 heteroatoms. The molecule has 2 atom stereocenters. The van der Waals surface area contributed by atoms with Gasteiger partial charge >= 0.3 is 5.97 Å². The number of carboxylic acids is 1. The average molecular weight is 222 g/mol. The van der Waals surface area contributed by atoms with Gasteiger partial charge in [-0.25, -0.2) is 0 Å². The fourth-order valence-electron chi connectivity index (χ4n) is 2.43. The molecule has 0 aromatic carbocycles. The summed E-state index contributed by atoms with van der Waals surface area (Å²) in [6.45, 7) is 3.88. The molecule has 0 amide bonds. The fourth-order valence-corrected chi connectivity index (χ4v) is 2.43. The first kappa shape index (κ1) is 13.0. The van der Waals surface area contributed by atoms with Crippen molar-refractivity contribution in [2.75, 3.05) is 0 Å². The van der Waals surface area contributed by atoms with Crippen LogP contribution >= 0.6 is 0 Å². The second-order valence-electron chi connectivity index (χ2n) is 4.58. The molecular weight excluding hydrogens is 200 g/mol. The number of carbonyl (C=O) groups is 1. The third-order valence-corrected chi connectivity index (χ3v) is 3.39. The van der Waals surface area contributed by atoms with Gasteiger partial charge in [0.15, 0.2) is 0 Å². The zero-order valence-electron chi connectivity index (χ0n) is 9.90. The molecular formula is C14H22O2. The highest BCUT2D eigenvalue weighted by atomic mass is 16.4. The Morgan fingerprint density at radius 3 is 2.88 bits per heavy atom. The summed E-state index contributed by atoms with van der Waals surface area (Å²) < 4.78 is 0. The van der Waals surface area contributed by atoms with Crippen molar-refractivity contribution in [3.05, 3.63) is 24.8 Å². The summed E-state index contributed by atoms with van der Waals surface area (Å²) in [5, 5.41) is 8.47. The lowest BCUT2D eigenvalue weighted by molar-refractivity contribution is -0.137. The molecule has 16 heavy (non-hydrogen) atoms. The Hall–Kier alpha value is -1.05. The molecule has 0 saturated heterocycles. The second-order valence-corrected chi connectivity index (χ2v) is 4.58. The van der Waals surface area contributed by atoms with Crippen molar-refractivity contribution in [2.24, 2.45) is 11.8 Å². The molecule has 2 nitrogen and oxygen atoms in total. The Bertz CT molecular complexity index is 255. The summed E-state index contributed by atoms with van der Waals surface area (Å²) in [5.41, 5.74) is 0. The largest absolute Gasteiger partial charge is 0.481 e. The van der Waals surface area contributed by atoms with Crippen LogP contribution in [0, 0.1) is 11.8 Å². The topological polar surface area (TPSA) is 37.3 Å². The number of allylic oxidation sites excluding steroid dienone is 3. The maximum Gasteiger partial charge on any atom is 0.303 e. The molecule has 1 aliphatic rings. The third kappa shape index (κ3) is 4.65. The summed E-state index contributed by atoms with van der Waals surface area (Å²) in [5.74, 6) is 0.771. The van der Waals surface area contributed by atoms with Crippen molar-refractivity contribution >= 4 is 5.97 Å². The molecule has 0 aromatic heterocycles. The van der Waals surface area contributed by atoms with Crippen LogP contribution < -0.4 is 0 Å². The fraction of sp³-hybridized carbons (Fsp3) is 0.643. The van der Waals surface area contributed by atoms with E-state index in [-0.39, 0.29) is 6.42 Å². The van der Waals surface area contributed by atoms with Gasteiger partial charge in [0.1, 0.15) is 0 Å². The van der Waals surface area contributed by atoms with Crippen molar-refractivity contribution in [3.63, 3.8) is 0 Å². The lowest BCUT2D eigenvalue weighted by Crippen LogP contribution is -2.03. The van der Waals surface area contributed by atoms with Gasteiger partial charge in [-0.05, 0) is 43.9 Å². The van der Waals surface area contributed by atoms with Gasteiger partial charge in [0, 0.05) is 6.42 Å². The van der Waals surface area contributed by atoms with Crippen molar-refractivity contribution in [2.45, 2.75) is 44.9 Å². The Labute approximate surface area is 98.1 Å². The first-order valence-electron chi connectivity index (χ1n) is 6.23. The Kier molecular flexibility index (Phi) is 5.91. The highest BCUT2D eigenvalue weighted by Crippen LogP contribution is 2.34. The molecule has 0 radical (unpaired) electrons. The summed E-state index contributed by atoms with van der Waals surface area (Å²) in [6.07, 6.45) is 13.4. The minimum absolute atomic E-state index is 0.281. The Balaban J connectivity index is 2.11. The van der Waals surface area contributed by atoms with E-state index in [0.717, 1.165) is 25.2 Å². The number of hydrogen-bond acceptors (Lipinski definition) is 1. The smallest absolute Gasteiger partial charge is 0.303 e. The second kappa shape index (κ2) is 7.26. The van der Waals surface area contributed by atoms with Crippen molar-refractivity contribution in [3.8, 4) is 0 Å². The van der Waals surface area contributed by atoms with E-state index >= 15 is 0 Å². The molecule has 90 valence electrons. The maximum absolute atomic E-state index is 10.3. The van der Waals surface area contributed by atoms with Crippen molar-refractivity contribution in [1.29, 1.82) is 0 Å². The van der Waals surface area contributed by atoms with Gasteiger partial charge in [0.05, 0.1) is 0 Å². The average Bonchev–Trinajstić information content (AvgIpc) is 2.70. The number of rotatable bonds is 7. The van der Waals surface area contributed by atoms with Crippen LogP contribution in [0.1, 0.15) is 44.9 Å². The third-order valence-electron chi connectivity index (χ3n) is 3.39. The number of unbranched alkanes of at least 4 members (excludes halogenated alkanes) is 1. The van der Waals surface area contributed by atoms with E-state index in [1.807, 2.05) is 0 Å². The highest BCUT2D eigenvalue weighted by molar-refractivity contribution is 5.66. The normalized spacial score (nSPS) is 25.0. The summed E-state index contributed by atoms with van der Waals surface area (Å²) in [6, 6.07) is 0. The van der Waals surface area contributed by atoms with E-state index in [1.54, 1.807) is 0 Å². The SMILES string of the molecule is C=CC1CCC[C@@H]1C/C=C\CCCC(=O)O. The first-order valence-corrected chi connectivity index (χ1v) is 6.23. The van der Waals surface area contributed by atoms with Crippen LogP contribution in [0.2, 0.25) is 0 Å². The van der Waals surface area contributed by atoms with Crippen molar-refractivity contribution < 1.29 is 9.90 Å². The van der Waals surface area contributed by atoms with Crippen LogP contribution in [0.15, 0.2) is 24.8 Å². The molecule has 0 bridgehead atoms. The minimum atomic E-state index is -0.698. The van der Waals surface area contributed by atoms with E-state index in [2.05, 4.69) is 24.8 Å². The van der Waals surface area contributed by atoms with Gasteiger partial charge in [-0.15, -0.1) is 6.58 Å². The molecule has 1 unspecified atom stereocenters. The molecule has 0 aromatic rings. The standard InChI is InChI=1S/C14H22O2/c1-2-12-9-7-10-13(12)8-5-3-4-6-11-14(15)16/h2-3,5,12-13H,1,4,6-11H2,(H,15,16)/b5-3-/t12?,13-/m0/s1. The summed E-state index contributed by atoms with van der Waals surface area (Å²) in [4.78, 5) is 10.3. The van der Waals surface area contributed by atoms with Crippen LogP contribution in [0.25, 0.3) is 0 Å². The predicted molar refractivity (Wildman–Crippen MR) is 66.3 cm³/mol. The lowest BCUT2D eigenvalue weighted by Gasteiger charge is -2.12. The zero-order valence-corrected chi connectivity index (χ0v) is 9.90. The van der Waals surface area contributed by atoms with Crippen LogP contribution in [-0.4, -0.2) is 11.1 Å². The van der Waals surface area contributed by atoms with E-state index in [0.29, 0.717) is 5.92 Å². The molecule has 1 rings (SSSR count). The molecule has 1 saturated carbocycles. The van der Waals surface area contributed by atoms with Gasteiger partial charge in [-0.1, -0.05) is 24.6 Å². The maximum atomic E-state index is 10.3. The minimum Gasteiger partial charge on any atom is -0.481 e. The Morgan fingerprint density at radius 2 is 2.19 bits per heavy atom. The van der Waals surface area contributed by atoms with E-state index in [1.165, 1.54) is 19.3 Å². The lowest BCUT2D eigenvalue weighted by atomic mass is 9.93. The van der Waals surface area contributed by atoms with E-state index < -0.39 is 5.97 Å². The van der Waals surface area contributed by atoms with Crippen LogP contribution in [-0.2, 0) is 4.79 Å². The van der Waals surface area contributed by atoms with Crippen molar-refractivity contribution in [1.82, 2.24) is 0 Å². The van der Waals surface area contributed by atoms with Gasteiger partial charge in [0.25, 0.3) is 0 Å². The predicted octanol–water partition coefficient (Wildman–Crippen LogP) is 3.79. The van der Waals surface area contributed by atoms with Gasteiger partial charge in [0.2, 0.25) is 0 Å². The Morgan fingerprint density at radius 1 is 1.38 bits per heavy atom. The zero-order chi connectivity index (χ0) is 11.8. The van der Waals surface area contributed by atoms with Crippen LogP contribution in [0.4, 0.5) is 0 Å². The quantitative estimate of drug-likeness (QED) is 0.525. The molecule has 1 N–H and O–H groups in total. The van der Waals surface area contributed by atoms with Gasteiger partial charge < -0.3 is 5.11 Å².